The Labute approximate surface area is 259 Å². The highest BCUT2D eigenvalue weighted by molar-refractivity contribution is 7.45. The molecule has 0 aliphatic heterocycles. The molecular weight excluding hydrogens is 545 g/mol. The first-order chi connectivity index (χ1) is 20.5. The summed E-state index contributed by atoms with van der Waals surface area (Å²) in [6.07, 6.45) is 30.0. The number of hydrogen-bond acceptors (Lipinski definition) is 5. The van der Waals surface area contributed by atoms with E-state index in [9.17, 15) is 9.46 Å². The van der Waals surface area contributed by atoms with Gasteiger partial charge in [-0.15, -0.1) is 0 Å². The second kappa shape index (κ2) is 27.7. The Morgan fingerprint density at radius 3 is 1.71 bits per heavy atom. The molecule has 1 aromatic rings. The summed E-state index contributed by atoms with van der Waals surface area (Å²) in [4.78, 5) is 12.2. The first kappa shape index (κ1) is 39.2. The van der Waals surface area contributed by atoms with E-state index in [-0.39, 0.29) is 19.1 Å². The van der Waals surface area contributed by atoms with Crippen molar-refractivity contribution in [2.45, 2.75) is 162 Å². The molecule has 0 N–H and O–H groups in total. The lowest BCUT2D eigenvalue weighted by atomic mass is 10.0. The van der Waals surface area contributed by atoms with Crippen LogP contribution in [0.2, 0.25) is 0 Å². The number of pyridine rings is 1. The summed E-state index contributed by atoms with van der Waals surface area (Å²) >= 11 is 0. The quantitative estimate of drug-likeness (QED) is 0.0475. The predicted molar refractivity (Wildman–Crippen MR) is 173 cm³/mol. The van der Waals surface area contributed by atoms with Crippen molar-refractivity contribution in [1.29, 1.82) is 0 Å². The highest BCUT2D eigenvalue weighted by Crippen LogP contribution is 2.39. The molecule has 1 heterocycles. The van der Waals surface area contributed by atoms with E-state index in [0.717, 1.165) is 64.5 Å². The molecule has 6 nitrogen and oxygen atoms in total. The van der Waals surface area contributed by atoms with Crippen LogP contribution in [0.1, 0.15) is 154 Å². The van der Waals surface area contributed by atoms with Gasteiger partial charge in [-0.05, 0) is 38.2 Å². The molecule has 0 aliphatic carbocycles. The van der Waals surface area contributed by atoms with Crippen LogP contribution in [0.4, 0.5) is 0 Å². The highest BCUT2D eigenvalue weighted by Gasteiger charge is 2.15. The number of unbranched alkanes of at least 4 members (excludes halogenated alkanes) is 17. The van der Waals surface area contributed by atoms with Crippen LogP contribution >= 0.6 is 7.82 Å². The standard InChI is InChI=1S/C35H66NO5P/c1-4-6-7-8-9-10-11-12-13-14-15-16-19-22-30-39-32-35(24-5-2)33-41-42(37,38)40-31-23-20-17-18-21-27-36-28-25-34(3)26-29-36/h25-26,28-29,35H,4-24,27,30-33H2,1-3H3. The summed E-state index contributed by atoms with van der Waals surface area (Å²) < 4.78 is 30.6. The number of rotatable bonds is 31. The van der Waals surface area contributed by atoms with Crippen molar-refractivity contribution < 1.29 is 27.8 Å². The molecule has 0 bridgehead atoms. The van der Waals surface area contributed by atoms with Gasteiger partial charge in [-0.3, -0.25) is 4.57 Å². The maximum Gasteiger partial charge on any atom is 0.267 e. The van der Waals surface area contributed by atoms with Gasteiger partial charge in [0.25, 0.3) is 7.82 Å². The molecule has 0 aliphatic rings. The molecule has 2 unspecified atom stereocenters. The second-order valence-corrected chi connectivity index (χ2v) is 13.7. The molecule has 0 spiro atoms. The van der Waals surface area contributed by atoms with E-state index in [1.807, 2.05) is 0 Å². The molecule has 42 heavy (non-hydrogen) atoms. The van der Waals surface area contributed by atoms with E-state index >= 15 is 0 Å². The summed E-state index contributed by atoms with van der Waals surface area (Å²) in [5.74, 6) is 0.0823. The van der Waals surface area contributed by atoms with Crippen molar-refractivity contribution in [2.75, 3.05) is 26.4 Å². The van der Waals surface area contributed by atoms with Gasteiger partial charge in [0.05, 0.1) is 19.8 Å². The van der Waals surface area contributed by atoms with Gasteiger partial charge in [0.15, 0.2) is 12.4 Å². The molecule has 1 rings (SSSR count). The first-order valence-electron chi connectivity index (χ1n) is 17.6. The van der Waals surface area contributed by atoms with Gasteiger partial charge in [-0.1, -0.05) is 117 Å². The molecule has 0 aromatic carbocycles. The second-order valence-electron chi connectivity index (χ2n) is 12.3. The fourth-order valence-corrected chi connectivity index (χ4v) is 6.11. The van der Waals surface area contributed by atoms with Crippen molar-refractivity contribution in [2.24, 2.45) is 5.92 Å². The van der Waals surface area contributed by atoms with Crippen LogP contribution < -0.4 is 9.46 Å². The average Bonchev–Trinajstić information content (AvgIpc) is 2.98. The fourth-order valence-electron chi connectivity index (χ4n) is 5.29. The van der Waals surface area contributed by atoms with Crippen LogP contribution in [0, 0.1) is 12.8 Å². The van der Waals surface area contributed by atoms with Crippen molar-refractivity contribution in [1.82, 2.24) is 0 Å². The third-order valence-corrected chi connectivity index (χ3v) is 8.99. The Bertz CT molecular complexity index is 760. The molecular formula is C35H66NO5P. The lowest BCUT2D eigenvalue weighted by Gasteiger charge is -2.25. The zero-order valence-electron chi connectivity index (χ0n) is 27.7. The SMILES string of the molecule is CCCCCCCCCCCCCCCCOCC(CCC)COP(=O)([O-])OCCCCCCC[n+]1ccc(C)cc1. The first-order valence-corrected chi connectivity index (χ1v) is 19.1. The number of nitrogens with zero attached hydrogens (tertiary/aromatic N) is 1. The molecule has 0 amide bonds. The summed E-state index contributed by atoms with van der Waals surface area (Å²) in [6.45, 7) is 9.12. The minimum absolute atomic E-state index is 0.0823. The maximum absolute atomic E-state index is 12.2. The van der Waals surface area contributed by atoms with Gasteiger partial charge >= 0.3 is 0 Å². The minimum Gasteiger partial charge on any atom is -0.756 e. The molecule has 246 valence electrons. The zero-order chi connectivity index (χ0) is 30.6. The summed E-state index contributed by atoms with van der Waals surface area (Å²) in [5, 5.41) is 0. The average molecular weight is 612 g/mol. The van der Waals surface area contributed by atoms with E-state index in [1.54, 1.807) is 0 Å². The van der Waals surface area contributed by atoms with E-state index in [0.29, 0.717) is 6.61 Å². The predicted octanol–water partition coefficient (Wildman–Crippen LogP) is 9.65. The Balaban J connectivity index is 1.96. The van der Waals surface area contributed by atoms with Gasteiger partial charge in [-0.2, -0.15) is 0 Å². The number of ether oxygens (including phenoxy) is 1. The molecule has 0 saturated heterocycles. The van der Waals surface area contributed by atoms with Crippen molar-refractivity contribution in [3.8, 4) is 0 Å². The number of aromatic nitrogens is 1. The molecule has 1 aromatic heterocycles. The molecule has 0 saturated carbocycles. The summed E-state index contributed by atoms with van der Waals surface area (Å²) in [7, 11) is -4.26. The summed E-state index contributed by atoms with van der Waals surface area (Å²) in [5.41, 5.74) is 1.27. The third kappa shape index (κ3) is 24.6. The van der Waals surface area contributed by atoms with Crippen LogP contribution in [-0.4, -0.2) is 26.4 Å². The number of phosphoric ester groups is 1. The normalized spacial score (nSPS) is 13.8. The van der Waals surface area contributed by atoms with Gasteiger partial charge in [0.1, 0.15) is 6.54 Å². The van der Waals surface area contributed by atoms with Crippen LogP contribution in [0.25, 0.3) is 0 Å². The topological polar surface area (TPSA) is 71.7 Å². The van der Waals surface area contributed by atoms with Crippen molar-refractivity contribution in [3.05, 3.63) is 30.1 Å². The van der Waals surface area contributed by atoms with E-state index in [4.69, 9.17) is 13.8 Å². The number of hydrogen-bond donors (Lipinski definition) is 0. The third-order valence-electron chi connectivity index (χ3n) is 8.03. The molecule has 2 atom stereocenters. The Morgan fingerprint density at radius 1 is 0.667 bits per heavy atom. The lowest BCUT2D eigenvalue weighted by Crippen LogP contribution is -2.32. The van der Waals surface area contributed by atoms with Crippen LogP contribution in [0.3, 0.4) is 0 Å². The van der Waals surface area contributed by atoms with Gasteiger partial charge < -0.3 is 18.7 Å². The van der Waals surface area contributed by atoms with Crippen LogP contribution in [0.5, 0.6) is 0 Å². The molecule has 0 fully saturated rings. The minimum atomic E-state index is -4.26. The maximum atomic E-state index is 12.2. The van der Waals surface area contributed by atoms with Gasteiger partial charge in [-0.25, -0.2) is 4.57 Å². The monoisotopic (exact) mass is 611 g/mol. The Morgan fingerprint density at radius 2 is 1.17 bits per heavy atom. The smallest absolute Gasteiger partial charge is 0.267 e. The Hall–Kier alpha value is -0.780. The zero-order valence-corrected chi connectivity index (χ0v) is 28.6. The van der Waals surface area contributed by atoms with Crippen LogP contribution in [0.15, 0.2) is 24.5 Å². The largest absolute Gasteiger partial charge is 0.756 e. The summed E-state index contributed by atoms with van der Waals surface area (Å²) in [6, 6.07) is 4.25. The number of aryl methyl sites for hydroxylation is 2. The highest BCUT2D eigenvalue weighted by atomic mass is 31.2. The number of phosphoric acid groups is 1. The molecule has 7 heteroatoms. The van der Waals surface area contributed by atoms with E-state index in [2.05, 4.69) is 49.9 Å². The van der Waals surface area contributed by atoms with Crippen molar-refractivity contribution >= 4 is 7.82 Å². The lowest BCUT2D eigenvalue weighted by molar-refractivity contribution is -0.697. The van der Waals surface area contributed by atoms with Gasteiger partial charge in [0.2, 0.25) is 0 Å². The fraction of sp³-hybridized carbons (Fsp3) is 0.857. The van der Waals surface area contributed by atoms with E-state index in [1.165, 1.54) is 89.0 Å². The Kier molecular flexibility index (Phi) is 25.9. The van der Waals surface area contributed by atoms with E-state index < -0.39 is 7.82 Å². The van der Waals surface area contributed by atoms with Crippen molar-refractivity contribution in [3.63, 3.8) is 0 Å². The molecule has 0 radical (unpaired) electrons. The van der Waals surface area contributed by atoms with Crippen LogP contribution in [-0.2, 0) is 24.9 Å². The van der Waals surface area contributed by atoms with Gasteiger partial charge in [0, 0.05) is 31.1 Å².